The number of fused-ring (bicyclic) bond motifs is 1. The van der Waals surface area contributed by atoms with Gasteiger partial charge in [0.25, 0.3) is 0 Å². The first-order valence-electron chi connectivity index (χ1n) is 8.87. The number of ether oxygens (including phenoxy) is 1. The minimum atomic E-state index is 0.511. The molecule has 5 rings (SSSR count). The van der Waals surface area contributed by atoms with E-state index in [1.165, 1.54) is 0 Å². The average Bonchev–Trinajstić information content (AvgIpc) is 3.49. The summed E-state index contributed by atoms with van der Waals surface area (Å²) < 4.78 is 13.6. The number of nitrogens with zero attached hydrogens (tertiary/aromatic N) is 4. The van der Waals surface area contributed by atoms with Gasteiger partial charge in [-0.3, -0.25) is 0 Å². The highest BCUT2D eigenvalue weighted by Crippen LogP contribution is 2.32. The van der Waals surface area contributed by atoms with Gasteiger partial charge in [0, 0.05) is 16.6 Å². The van der Waals surface area contributed by atoms with Crippen LogP contribution in [0.25, 0.3) is 33.7 Å². The van der Waals surface area contributed by atoms with E-state index in [0.29, 0.717) is 18.1 Å². The third kappa shape index (κ3) is 2.83. The van der Waals surface area contributed by atoms with Crippen molar-refractivity contribution in [1.29, 1.82) is 0 Å². The van der Waals surface area contributed by atoms with Crippen molar-refractivity contribution in [2.75, 3.05) is 7.11 Å². The second-order valence-electron chi connectivity index (χ2n) is 6.42. The van der Waals surface area contributed by atoms with E-state index in [4.69, 9.17) is 9.15 Å². The predicted molar refractivity (Wildman–Crippen MR) is 105 cm³/mol. The maximum Gasteiger partial charge on any atom is 0.215 e. The van der Waals surface area contributed by atoms with E-state index in [2.05, 4.69) is 49.5 Å². The minimum absolute atomic E-state index is 0.511. The van der Waals surface area contributed by atoms with E-state index in [-0.39, 0.29) is 0 Å². The summed E-state index contributed by atoms with van der Waals surface area (Å²) in [5, 5.41) is 14.9. The fourth-order valence-electron chi connectivity index (χ4n) is 3.40. The van der Waals surface area contributed by atoms with Crippen molar-refractivity contribution in [3.63, 3.8) is 0 Å². The first-order valence-corrected chi connectivity index (χ1v) is 8.87. The number of hydrogen-bond donors (Lipinski definition) is 1. The molecular formula is C21H17N5O2. The number of aromatic nitrogens is 5. The van der Waals surface area contributed by atoms with Gasteiger partial charge in [-0.15, -0.1) is 5.10 Å². The van der Waals surface area contributed by atoms with Crippen LogP contribution in [0, 0.1) is 0 Å². The first-order chi connectivity index (χ1) is 13.8. The van der Waals surface area contributed by atoms with Crippen LogP contribution in [0.5, 0.6) is 5.75 Å². The van der Waals surface area contributed by atoms with Gasteiger partial charge in [0.05, 0.1) is 13.7 Å². The summed E-state index contributed by atoms with van der Waals surface area (Å²) in [4.78, 5) is 0. The van der Waals surface area contributed by atoms with Gasteiger partial charge in [-0.05, 0) is 52.4 Å². The second kappa shape index (κ2) is 6.70. The van der Waals surface area contributed by atoms with Gasteiger partial charge in [-0.1, -0.05) is 30.3 Å². The van der Waals surface area contributed by atoms with Crippen LogP contribution in [0.4, 0.5) is 0 Å². The SMILES string of the molecule is COc1ccc2c(c1)cc(-c1ccccc1)n2Cc1ccc(-c2nnn[nH]2)o1. The Labute approximate surface area is 160 Å². The molecule has 7 nitrogen and oxygen atoms in total. The molecular weight excluding hydrogens is 354 g/mol. The molecule has 3 heterocycles. The Hall–Kier alpha value is -3.87. The van der Waals surface area contributed by atoms with E-state index in [9.17, 15) is 0 Å². The molecule has 138 valence electrons. The van der Waals surface area contributed by atoms with Crippen LogP contribution in [-0.2, 0) is 6.54 Å². The van der Waals surface area contributed by atoms with Crippen molar-refractivity contribution < 1.29 is 9.15 Å². The molecule has 0 radical (unpaired) electrons. The van der Waals surface area contributed by atoms with Gasteiger partial charge in [-0.25, -0.2) is 5.10 Å². The third-order valence-corrected chi connectivity index (χ3v) is 4.73. The Kier molecular flexibility index (Phi) is 3.90. The van der Waals surface area contributed by atoms with Gasteiger partial charge in [-0.2, -0.15) is 0 Å². The van der Waals surface area contributed by atoms with E-state index < -0.39 is 0 Å². The summed E-state index contributed by atoms with van der Waals surface area (Å²) in [6, 6.07) is 22.4. The van der Waals surface area contributed by atoms with Crippen molar-refractivity contribution >= 4 is 10.9 Å². The normalized spacial score (nSPS) is 11.2. The minimum Gasteiger partial charge on any atom is -0.497 e. The van der Waals surface area contributed by atoms with Crippen LogP contribution in [0.3, 0.4) is 0 Å². The standard InChI is InChI=1S/C21H17N5O2/c1-27-16-7-9-18-15(11-16)12-19(14-5-3-2-4-6-14)26(18)13-17-8-10-20(28-17)21-22-24-25-23-21/h2-12H,13H2,1H3,(H,22,23,24,25). The molecule has 0 saturated heterocycles. The Morgan fingerprint density at radius 3 is 2.71 bits per heavy atom. The maximum atomic E-state index is 5.97. The number of nitrogens with one attached hydrogen (secondary N) is 1. The number of benzene rings is 2. The predicted octanol–water partition coefficient (Wildman–Crippen LogP) is 4.14. The van der Waals surface area contributed by atoms with E-state index in [0.717, 1.165) is 33.7 Å². The van der Waals surface area contributed by atoms with Gasteiger partial charge in [0.2, 0.25) is 5.82 Å². The van der Waals surface area contributed by atoms with Crippen molar-refractivity contribution in [1.82, 2.24) is 25.2 Å². The van der Waals surface area contributed by atoms with Gasteiger partial charge < -0.3 is 13.7 Å². The lowest BCUT2D eigenvalue weighted by Crippen LogP contribution is -2.00. The lowest BCUT2D eigenvalue weighted by molar-refractivity contribution is 0.415. The molecule has 7 heteroatoms. The fraction of sp³-hybridized carbons (Fsp3) is 0.0952. The number of tetrazole rings is 1. The van der Waals surface area contributed by atoms with Crippen LogP contribution in [0.15, 0.2) is 71.1 Å². The largest absolute Gasteiger partial charge is 0.497 e. The molecule has 0 bridgehead atoms. The number of rotatable bonds is 5. The Morgan fingerprint density at radius 1 is 1.04 bits per heavy atom. The van der Waals surface area contributed by atoms with E-state index in [1.54, 1.807) is 7.11 Å². The van der Waals surface area contributed by atoms with Crippen LogP contribution in [-0.4, -0.2) is 32.3 Å². The number of aromatic amines is 1. The van der Waals surface area contributed by atoms with E-state index in [1.807, 2.05) is 42.5 Å². The quantitative estimate of drug-likeness (QED) is 0.502. The number of furan rings is 1. The molecule has 28 heavy (non-hydrogen) atoms. The molecule has 0 spiro atoms. The van der Waals surface area contributed by atoms with E-state index >= 15 is 0 Å². The highest BCUT2D eigenvalue weighted by atomic mass is 16.5. The molecule has 5 aromatic rings. The molecule has 0 amide bonds. The summed E-state index contributed by atoms with van der Waals surface area (Å²) in [7, 11) is 1.68. The van der Waals surface area contributed by atoms with Crippen LogP contribution < -0.4 is 4.74 Å². The highest BCUT2D eigenvalue weighted by Gasteiger charge is 2.14. The molecule has 3 aromatic heterocycles. The molecule has 0 unspecified atom stereocenters. The molecule has 0 atom stereocenters. The fourth-order valence-corrected chi connectivity index (χ4v) is 3.40. The van der Waals surface area contributed by atoms with Crippen LogP contribution in [0.1, 0.15) is 5.76 Å². The smallest absolute Gasteiger partial charge is 0.215 e. The zero-order chi connectivity index (χ0) is 18.9. The molecule has 0 fully saturated rings. The summed E-state index contributed by atoms with van der Waals surface area (Å²) in [6.07, 6.45) is 0. The highest BCUT2D eigenvalue weighted by molar-refractivity contribution is 5.88. The number of methoxy groups -OCH3 is 1. The molecule has 0 aliphatic heterocycles. The lowest BCUT2D eigenvalue weighted by atomic mass is 10.1. The Morgan fingerprint density at radius 2 is 1.93 bits per heavy atom. The monoisotopic (exact) mass is 371 g/mol. The average molecular weight is 371 g/mol. The Balaban J connectivity index is 1.61. The molecule has 0 aliphatic carbocycles. The maximum absolute atomic E-state index is 5.97. The Bertz CT molecular complexity index is 1220. The lowest BCUT2D eigenvalue weighted by Gasteiger charge is -2.10. The topological polar surface area (TPSA) is 81.8 Å². The third-order valence-electron chi connectivity index (χ3n) is 4.73. The van der Waals surface area contributed by atoms with Gasteiger partial charge >= 0.3 is 0 Å². The zero-order valence-electron chi connectivity index (χ0n) is 15.2. The van der Waals surface area contributed by atoms with Gasteiger partial charge in [0.1, 0.15) is 11.5 Å². The molecule has 1 N–H and O–H groups in total. The van der Waals surface area contributed by atoms with Gasteiger partial charge in [0.15, 0.2) is 5.76 Å². The summed E-state index contributed by atoms with van der Waals surface area (Å²) >= 11 is 0. The molecule has 2 aromatic carbocycles. The summed E-state index contributed by atoms with van der Waals surface area (Å²) in [5.41, 5.74) is 3.37. The molecule has 0 saturated carbocycles. The van der Waals surface area contributed by atoms with Crippen LogP contribution >= 0.6 is 0 Å². The van der Waals surface area contributed by atoms with Crippen molar-refractivity contribution in [3.8, 4) is 28.6 Å². The zero-order valence-corrected chi connectivity index (χ0v) is 15.2. The number of hydrogen-bond acceptors (Lipinski definition) is 5. The van der Waals surface area contributed by atoms with Crippen LogP contribution in [0.2, 0.25) is 0 Å². The number of H-pyrrole nitrogens is 1. The summed E-state index contributed by atoms with van der Waals surface area (Å²) in [5.74, 6) is 2.77. The first kappa shape index (κ1) is 16.3. The molecule has 0 aliphatic rings. The second-order valence-corrected chi connectivity index (χ2v) is 6.42. The van der Waals surface area contributed by atoms with Crippen molar-refractivity contribution in [2.24, 2.45) is 0 Å². The summed E-state index contributed by atoms with van der Waals surface area (Å²) in [6.45, 7) is 0.585. The van der Waals surface area contributed by atoms with Crippen molar-refractivity contribution in [3.05, 3.63) is 72.5 Å². The van der Waals surface area contributed by atoms with Crippen molar-refractivity contribution in [2.45, 2.75) is 6.54 Å².